The highest BCUT2D eigenvalue weighted by molar-refractivity contribution is 5.35. The first-order valence-corrected chi connectivity index (χ1v) is 5.80. The van der Waals surface area contributed by atoms with E-state index in [1.54, 1.807) is 17.2 Å². The van der Waals surface area contributed by atoms with Gasteiger partial charge in [0, 0.05) is 12.7 Å². The SMILES string of the molecule is CCCNc1ccc(Cn2cnc(C#N)n2)cn1. The van der Waals surface area contributed by atoms with Gasteiger partial charge in [0.25, 0.3) is 5.82 Å². The molecule has 6 nitrogen and oxygen atoms in total. The summed E-state index contributed by atoms with van der Waals surface area (Å²) in [6.07, 6.45) is 4.41. The molecule has 0 spiro atoms. The van der Waals surface area contributed by atoms with Crippen LogP contribution in [-0.2, 0) is 6.54 Å². The minimum absolute atomic E-state index is 0.184. The van der Waals surface area contributed by atoms with E-state index in [1.807, 2.05) is 18.2 Å². The molecule has 0 amide bonds. The molecule has 1 N–H and O–H groups in total. The Morgan fingerprint density at radius 1 is 1.39 bits per heavy atom. The molecule has 6 heteroatoms. The number of nitrogens with zero attached hydrogens (tertiary/aromatic N) is 5. The lowest BCUT2D eigenvalue weighted by molar-refractivity contribution is 0.680. The van der Waals surface area contributed by atoms with Crippen molar-refractivity contribution in [2.75, 3.05) is 11.9 Å². The van der Waals surface area contributed by atoms with E-state index in [0.717, 1.165) is 24.3 Å². The zero-order chi connectivity index (χ0) is 12.8. The topological polar surface area (TPSA) is 79.4 Å². The molecule has 0 atom stereocenters. The van der Waals surface area contributed by atoms with Gasteiger partial charge in [0.1, 0.15) is 18.2 Å². The van der Waals surface area contributed by atoms with E-state index in [2.05, 4.69) is 27.3 Å². The number of nitriles is 1. The zero-order valence-corrected chi connectivity index (χ0v) is 10.2. The van der Waals surface area contributed by atoms with Crippen molar-refractivity contribution < 1.29 is 0 Å². The Labute approximate surface area is 105 Å². The van der Waals surface area contributed by atoms with Gasteiger partial charge in [-0.3, -0.25) is 0 Å². The van der Waals surface area contributed by atoms with E-state index in [4.69, 9.17) is 5.26 Å². The lowest BCUT2D eigenvalue weighted by Gasteiger charge is -2.05. The Morgan fingerprint density at radius 2 is 2.28 bits per heavy atom. The van der Waals surface area contributed by atoms with Crippen LogP contribution >= 0.6 is 0 Å². The molecule has 0 saturated carbocycles. The van der Waals surface area contributed by atoms with Crippen LogP contribution in [0, 0.1) is 11.3 Å². The van der Waals surface area contributed by atoms with E-state index in [1.165, 1.54) is 0 Å². The Kier molecular flexibility index (Phi) is 3.86. The molecule has 0 aliphatic heterocycles. The molecule has 0 aliphatic rings. The molecule has 0 aliphatic carbocycles. The molecule has 0 radical (unpaired) electrons. The molecule has 0 aromatic carbocycles. The van der Waals surface area contributed by atoms with Gasteiger partial charge in [-0.2, -0.15) is 5.26 Å². The van der Waals surface area contributed by atoms with Crippen LogP contribution in [0.2, 0.25) is 0 Å². The molecular weight excluding hydrogens is 228 g/mol. The van der Waals surface area contributed by atoms with E-state index < -0.39 is 0 Å². The second-order valence-corrected chi connectivity index (χ2v) is 3.86. The highest BCUT2D eigenvalue weighted by Gasteiger charge is 2.01. The first kappa shape index (κ1) is 12.0. The average molecular weight is 242 g/mol. The lowest BCUT2D eigenvalue weighted by Crippen LogP contribution is -2.04. The van der Waals surface area contributed by atoms with Crippen LogP contribution in [0.4, 0.5) is 5.82 Å². The highest BCUT2D eigenvalue weighted by Crippen LogP contribution is 2.06. The largest absolute Gasteiger partial charge is 0.370 e. The quantitative estimate of drug-likeness (QED) is 0.857. The van der Waals surface area contributed by atoms with Gasteiger partial charge in [-0.1, -0.05) is 13.0 Å². The van der Waals surface area contributed by atoms with Gasteiger partial charge in [-0.05, 0) is 18.1 Å². The van der Waals surface area contributed by atoms with Gasteiger partial charge >= 0.3 is 0 Å². The standard InChI is InChI=1S/C12H14N6/c1-2-5-14-11-4-3-10(7-15-11)8-18-9-16-12(6-13)17-18/h3-4,7,9H,2,5,8H2,1H3,(H,14,15). The minimum Gasteiger partial charge on any atom is -0.370 e. The second kappa shape index (κ2) is 5.77. The molecular formula is C12H14N6. The summed E-state index contributed by atoms with van der Waals surface area (Å²) < 4.78 is 1.62. The maximum absolute atomic E-state index is 8.63. The molecule has 2 rings (SSSR count). The summed E-state index contributed by atoms with van der Waals surface area (Å²) in [5.74, 6) is 1.06. The van der Waals surface area contributed by atoms with Gasteiger partial charge in [-0.25, -0.2) is 14.6 Å². The summed E-state index contributed by atoms with van der Waals surface area (Å²) in [7, 11) is 0. The summed E-state index contributed by atoms with van der Waals surface area (Å²) >= 11 is 0. The van der Waals surface area contributed by atoms with E-state index in [9.17, 15) is 0 Å². The van der Waals surface area contributed by atoms with Crippen molar-refractivity contribution in [3.8, 4) is 6.07 Å². The maximum atomic E-state index is 8.63. The summed E-state index contributed by atoms with van der Waals surface area (Å²) in [6, 6.07) is 5.82. The fourth-order valence-electron chi connectivity index (χ4n) is 1.48. The fourth-order valence-corrected chi connectivity index (χ4v) is 1.48. The van der Waals surface area contributed by atoms with Gasteiger partial charge < -0.3 is 5.32 Å². The van der Waals surface area contributed by atoms with Crippen molar-refractivity contribution in [3.05, 3.63) is 36.0 Å². The predicted molar refractivity (Wildman–Crippen MR) is 66.9 cm³/mol. The summed E-state index contributed by atoms with van der Waals surface area (Å²) in [4.78, 5) is 8.15. The number of hydrogen-bond donors (Lipinski definition) is 1. The number of anilines is 1. The Morgan fingerprint density at radius 3 is 2.89 bits per heavy atom. The van der Waals surface area contributed by atoms with Crippen molar-refractivity contribution in [1.29, 1.82) is 5.26 Å². The van der Waals surface area contributed by atoms with E-state index in [0.29, 0.717) is 6.54 Å². The first-order valence-electron chi connectivity index (χ1n) is 5.80. The minimum atomic E-state index is 0.184. The Hall–Kier alpha value is -2.42. The van der Waals surface area contributed by atoms with Crippen molar-refractivity contribution in [1.82, 2.24) is 19.7 Å². The normalized spacial score (nSPS) is 10.0. The molecule has 0 unspecified atom stereocenters. The Bertz CT molecular complexity index is 536. The monoisotopic (exact) mass is 242 g/mol. The third-order valence-corrected chi connectivity index (χ3v) is 2.36. The number of aromatic nitrogens is 4. The zero-order valence-electron chi connectivity index (χ0n) is 10.2. The molecule has 92 valence electrons. The van der Waals surface area contributed by atoms with Crippen molar-refractivity contribution in [2.24, 2.45) is 0 Å². The van der Waals surface area contributed by atoms with Gasteiger partial charge in [-0.15, -0.1) is 5.10 Å². The highest BCUT2D eigenvalue weighted by atomic mass is 15.3. The third kappa shape index (κ3) is 3.04. The molecule has 0 bridgehead atoms. The van der Waals surface area contributed by atoms with E-state index in [-0.39, 0.29) is 5.82 Å². The summed E-state index contributed by atoms with van der Waals surface area (Å²) in [5, 5.41) is 15.8. The van der Waals surface area contributed by atoms with Gasteiger partial charge in [0.05, 0.1) is 6.54 Å². The molecule has 2 aromatic rings. The van der Waals surface area contributed by atoms with Crippen LogP contribution in [0.1, 0.15) is 24.7 Å². The number of nitrogens with one attached hydrogen (secondary N) is 1. The first-order chi connectivity index (χ1) is 8.81. The van der Waals surface area contributed by atoms with Gasteiger partial charge in [0.15, 0.2) is 0 Å². The number of pyridine rings is 1. The van der Waals surface area contributed by atoms with Crippen molar-refractivity contribution >= 4 is 5.82 Å². The van der Waals surface area contributed by atoms with Crippen molar-refractivity contribution in [2.45, 2.75) is 19.9 Å². The number of rotatable bonds is 5. The van der Waals surface area contributed by atoms with Crippen molar-refractivity contribution in [3.63, 3.8) is 0 Å². The molecule has 2 aromatic heterocycles. The molecule has 0 fully saturated rings. The molecule has 0 saturated heterocycles. The van der Waals surface area contributed by atoms with Gasteiger partial charge in [0.2, 0.25) is 0 Å². The van der Waals surface area contributed by atoms with Crippen LogP contribution in [0.25, 0.3) is 0 Å². The summed E-state index contributed by atoms with van der Waals surface area (Å²) in [5.41, 5.74) is 1.02. The predicted octanol–water partition coefficient (Wildman–Crippen LogP) is 1.41. The van der Waals surface area contributed by atoms with Crippen LogP contribution in [-0.4, -0.2) is 26.3 Å². The second-order valence-electron chi connectivity index (χ2n) is 3.86. The van der Waals surface area contributed by atoms with Crippen LogP contribution in [0.5, 0.6) is 0 Å². The Balaban J connectivity index is 1.99. The van der Waals surface area contributed by atoms with E-state index >= 15 is 0 Å². The fraction of sp³-hybridized carbons (Fsp3) is 0.333. The maximum Gasteiger partial charge on any atom is 0.252 e. The third-order valence-electron chi connectivity index (χ3n) is 2.36. The van der Waals surface area contributed by atoms with Crippen LogP contribution in [0.3, 0.4) is 0 Å². The molecule has 18 heavy (non-hydrogen) atoms. The lowest BCUT2D eigenvalue weighted by atomic mass is 10.3. The van der Waals surface area contributed by atoms with Crippen LogP contribution in [0.15, 0.2) is 24.7 Å². The summed E-state index contributed by atoms with van der Waals surface area (Å²) in [6.45, 7) is 3.59. The number of hydrogen-bond acceptors (Lipinski definition) is 5. The van der Waals surface area contributed by atoms with Crippen LogP contribution < -0.4 is 5.32 Å². The average Bonchev–Trinajstić information content (AvgIpc) is 2.86. The molecule has 2 heterocycles. The smallest absolute Gasteiger partial charge is 0.252 e.